The zero-order chi connectivity index (χ0) is 32.0. The molecule has 0 atom stereocenters. The third-order valence-electron chi connectivity index (χ3n) is 9.57. The number of amides is 2. The average molecular weight is 628 g/mol. The van der Waals surface area contributed by atoms with E-state index in [0.717, 1.165) is 50.1 Å². The number of hydrogen-bond acceptors (Lipinski definition) is 7. The maximum Gasteiger partial charge on any atom is 0.272 e. The number of anilines is 1. The molecule has 0 unspecified atom stereocenters. The number of piperidine rings is 2. The number of Topliss-reactive ketones (excluding diaryl/α,β-unsaturated/α-hetero) is 1. The van der Waals surface area contributed by atoms with Gasteiger partial charge < -0.3 is 19.9 Å². The van der Waals surface area contributed by atoms with Crippen LogP contribution in [0.25, 0.3) is 0 Å². The first-order chi connectivity index (χ1) is 22.4. The SMILES string of the molecule is COc1ccc(CN2CCC(NC(=O)c3ccc(C(=O)N4CCC(C(=O)c5ccc(N6CCCC6)cc5)CC4)nc3)CC2)cc1F. The molecule has 46 heavy (non-hydrogen) atoms. The largest absolute Gasteiger partial charge is 0.494 e. The summed E-state index contributed by atoms with van der Waals surface area (Å²) in [5, 5.41) is 3.09. The molecular weight excluding hydrogens is 585 g/mol. The number of hydrogen-bond donors (Lipinski definition) is 1. The molecule has 1 N–H and O–H groups in total. The van der Waals surface area contributed by atoms with Crippen LogP contribution in [-0.4, -0.2) is 84.8 Å². The van der Waals surface area contributed by atoms with Crippen LogP contribution < -0.4 is 15.0 Å². The van der Waals surface area contributed by atoms with Crippen LogP contribution in [-0.2, 0) is 6.54 Å². The van der Waals surface area contributed by atoms with E-state index in [1.54, 1.807) is 23.1 Å². The summed E-state index contributed by atoms with van der Waals surface area (Å²) in [4.78, 5) is 49.9. The van der Waals surface area contributed by atoms with Gasteiger partial charge in [-0.3, -0.25) is 24.3 Å². The lowest BCUT2D eigenvalue weighted by molar-refractivity contribution is 0.0645. The summed E-state index contributed by atoms with van der Waals surface area (Å²) in [7, 11) is 1.45. The molecule has 3 aromatic rings. The number of ether oxygens (including phenoxy) is 1. The summed E-state index contributed by atoms with van der Waals surface area (Å²) in [6.45, 7) is 5.36. The van der Waals surface area contributed by atoms with Crippen molar-refractivity contribution in [1.29, 1.82) is 0 Å². The number of methoxy groups -OCH3 is 1. The van der Waals surface area contributed by atoms with Gasteiger partial charge in [-0.1, -0.05) is 6.07 Å². The Labute approximate surface area is 269 Å². The van der Waals surface area contributed by atoms with E-state index in [-0.39, 0.29) is 41.1 Å². The lowest BCUT2D eigenvalue weighted by Crippen LogP contribution is -2.44. The molecule has 4 heterocycles. The Morgan fingerprint density at radius 1 is 0.870 bits per heavy atom. The number of pyridine rings is 1. The molecular formula is C36H42FN5O4. The minimum Gasteiger partial charge on any atom is -0.494 e. The van der Waals surface area contributed by atoms with Gasteiger partial charge in [0.1, 0.15) is 5.69 Å². The number of halogens is 1. The minimum atomic E-state index is -0.366. The quantitative estimate of drug-likeness (QED) is 0.335. The van der Waals surface area contributed by atoms with Crippen molar-refractivity contribution >= 4 is 23.3 Å². The molecule has 242 valence electrons. The Kier molecular flexibility index (Phi) is 9.92. The molecule has 9 nitrogen and oxygen atoms in total. The first kappa shape index (κ1) is 31.7. The van der Waals surface area contributed by atoms with Crippen LogP contribution in [0, 0.1) is 11.7 Å². The third-order valence-corrected chi connectivity index (χ3v) is 9.57. The second kappa shape index (κ2) is 14.4. The average Bonchev–Trinajstić information content (AvgIpc) is 3.64. The van der Waals surface area contributed by atoms with E-state index in [2.05, 4.69) is 20.1 Å². The van der Waals surface area contributed by atoms with E-state index in [1.165, 1.54) is 37.9 Å². The van der Waals surface area contributed by atoms with Gasteiger partial charge in [0.2, 0.25) is 0 Å². The molecule has 2 amide bonds. The predicted octanol–water partition coefficient (Wildman–Crippen LogP) is 4.96. The molecule has 0 spiro atoms. The summed E-state index contributed by atoms with van der Waals surface area (Å²) in [5.41, 5.74) is 3.50. The van der Waals surface area contributed by atoms with Crippen molar-refractivity contribution in [3.05, 3.63) is 89.0 Å². The van der Waals surface area contributed by atoms with Gasteiger partial charge in [-0.05, 0) is 92.6 Å². The number of aromatic nitrogens is 1. The van der Waals surface area contributed by atoms with Crippen LogP contribution in [0.15, 0.2) is 60.8 Å². The highest BCUT2D eigenvalue weighted by Gasteiger charge is 2.29. The van der Waals surface area contributed by atoms with Gasteiger partial charge in [0.25, 0.3) is 11.8 Å². The number of rotatable bonds is 9. The fourth-order valence-electron chi connectivity index (χ4n) is 6.78. The summed E-state index contributed by atoms with van der Waals surface area (Å²) in [6, 6.07) is 16.3. The zero-order valence-electron chi connectivity index (χ0n) is 26.4. The number of likely N-dealkylation sites (tertiary alicyclic amines) is 2. The number of nitrogens with one attached hydrogen (secondary N) is 1. The first-order valence-corrected chi connectivity index (χ1v) is 16.4. The maximum absolute atomic E-state index is 14.0. The Balaban J connectivity index is 0.939. The highest BCUT2D eigenvalue weighted by molar-refractivity contribution is 5.99. The molecule has 0 aliphatic carbocycles. The molecule has 3 saturated heterocycles. The Bertz CT molecular complexity index is 1520. The van der Waals surface area contributed by atoms with Gasteiger partial charge >= 0.3 is 0 Å². The molecule has 3 aliphatic heterocycles. The first-order valence-electron chi connectivity index (χ1n) is 16.4. The minimum absolute atomic E-state index is 0.0321. The van der Waals surface area contributed by atoms with Crippen LogP contribution in [0.4, 0.5) is 10.1 Å². The van der Waals surface area contributed by atoms with Gasteiger partial charge in [0.05, 0.1) is 12.7 Å². The second-order valence-corrected chi connectivity index (χ2v) is 12.6. The van der Waals surface area contributed by atoms with E-state index in [0.29, 0.717) is 43.7 Å². The summed E-state index contributed by atoms with van der Waals surface area (Å²) in [6.07, 6.45) is 6.70. The van der Waals surface area contributed by atoms with Gasteiger partial charge in [0.15, 0.2) is 17.3 Å². The molecule has 0 saturated carbocycles. The number of nitrogens with zero attached hydrogens (tertiary/aromatic N) is 4. The van der Waals surface area contributed by atoms with Gasteiger partial charge in [-0.15, -0.1) is 0 Å². The van der Waals surface area contributed by atoms with E-state index in [1.807, 2.05) is 30.3 Å². The molecule has 1 aromatic heterocycles. The van der Waals surface area contributed by atoms with Gasteiger partial charge in [-0.25, -0.2) is 4.39 Å². The molecule has 3 aliphatic rings. The van der Waals surface area contributed by atoms with Gasteiger partial charge in [-0.2, -0.15) is 0 Å². The number of carbonyl (C=O) groups is 3. The molecule has 6 rings (SSSR count). The summed E-state index contributed by atoms with van der Waals surface area (Å²) >= 11 is 0. The molecule has 3 fully saturated rings. The van der Waals surface area contributed by atoms with E-state index >= 15 is 0 Å². The maximum atomic E-state index is 14.0. The van der Waals surface area contributed by atoms with Crippen molar-refractivity contribution < 1.29 is 23.5 Å². The number of benzene rings is 2. The monoisotopic (exact) mass is 627 g/mol. The van der Waals surface area contributed by atoms with Crippen LogP contribution in [0.1, 0.15) is 75.3 Å². The van der Waals surface area contributed by atoms with Crippen molar-refractivity contribution in [3.63, 3.8) is 0 Å². The van der Waals surface area contributed by atoms with E-state index < -0.39 is 0 Å². The van der Waals surface area contributed by atoms with Crippen LogP contribution in [0.2, 0.25) is 0 Å². The standard InChI is InChI=1S/C36H42FN5O4/c1-46-33-11-4-25(22-31(33)37)24-40-18-14-29(15-19-40)39-35(44)28-7-10-32(38-23-28)36(45)42-20-12-27(13-21-42)34(43)26-5-8-30(9-6-26)41-16-2-3-17-41/h4-11,22-23,27,29H,2-3,12-21,24H2,1H3,(H,39,44). The van der Waals surface area contributed by atoms with Crippen molar-refractivity contribution in [1.82, 2.24) is 20.1 Å². The zero-order valence-corrected chi connectivity index (χ0v) is 26.4. The fourth-order valence-corrected chi connectivity index (χ4v) is 6.78. The molecule has 10 heteroatoms. The second-order valence-electron chi connectivity index (χ2n) is 12.6. The van der Waals surface area contributed by atoms with Crippen molar-refractivity contribution in [2.75, 3.05) is 51.3 Å². The molecule has 0 bridgehead atoms. The number of carbonyl (C=O) groups excluding carboxylic acids is 3. The lowest BCUT2D eigenvalue weighted by atomic mass is 9.88. The predicted molar refractivity (Wildman–Crippen MR) is 174 cm³/mol. The Hall–Kier alpha value is -4.31. The highest BCUT2D eigenvalue weighted by Crippen LogP contribution is 2.26. The van der Waals surface area contributed by atoms with E-state index in [4.69, 9.17) is 4.74 Å². The Morgan fingerprint density at radius 3 is 2.20 bits per heavy atom. The fraction of sp³-hybridized carbons (Fsp3) is 0.444. The van der Waals surface area contributed by atoms with Crippen LogP contribution >= 0.6 is 0 Å². The van der Waals surface area contributed by atoms with Crippen molar-refractivity contribution in [2.45, 2.75) is 51.1 Å². The van der Waals surface area contributed by atoms with E-state index in [9.17, 15) is 18.8 Å². The van der Waals surface area contributed by atoms with Crippen LogP contribution in [0.5, 0.6) is 5.75 Å². The van der Waals surface area contributed by atoms with Crippen LogP contribution in [0.3, 0.4) is 0 Å². The lowest BCUT2D eigenvalue weighted by Gasteiger charge is -2.32. The molecule has 2 aromatic carbocycles. The third kappa shape index (κ3) is 7.39. The molecule has 0 radical (unpaired) electrons. The normalized spacial score (nSPS) is 18.0. The van der Waals surface area contributed by atoms with Crippen molar-refractivity contribution in [3.8, 4) is 5.75 Å². The smallest absolute Gasteiger partial charge is 0.272 e. The number of ketones is 1. The summed E-state index contributed by atoms with van der Waals surface area (Å²) in [5.74, 6) is -0.480. The topological polar surface area (TPSA) is 95.1 Å². The Morgan fingerprint density at radius 2 is 1.57 bits per heavy atom. The van der Waals surface area contributed by atoms with Gasteiger partial charge in [0, 0.05) is 75.2 Å². The summed E-state index contributed by atoms with van der Waals surface area (Å²) < 4.78 is 19.0. The van der Waals surface area contributed by atoms with Crippen molar-refractivity contribution in [2.24, 2.45) is 5.92 Å². The highest BCUT2D eigenvalue weighted by atomic mass is 19.1.